The number of methoxy groups -OCH3 is 1. The van der Waals surface area contributed by atoms with Crippen LogP contribution in [0.4, 0.5) is 5.69 Å². The zero-order valence-electron chi connectivity index (χ0n) is 9.53. The third kappa shape index (κ3) is 1.87. The maximum absolute atomic E-state index is 5.88. The van der Waals surface area contributed by atoms with Gasteiger partial charge >= 0.3 is 0 Å². The minimum atomic E-state index is 0.668. The average Bonchev–Trinajstić information content (AvgIpc) is 2.28. The van der Waals surface area contributed by atoms with Crippen LogP contribution in [0.2, 0.25) is 0 Å². The molecule has 0 heterocycles. The van der Waals surface area contributed by atoms with Crippen molar-refractivity contribution < 1.29 is 4.74 Å². The van der Waals surface area contributed by atoms with E-state index in [2.05, 4.69) is 25.1 Å². The second-order valence-corrected chi connectivity index (χ2v) is 3.80. The quantitative estimate of drug-likeness (QED) is 0.777. The molecule has 2 aromatic carbocycles. The van der Waals surface area contributed by atoms with E-state index in [1.54, 1.807) is 7.11 Å². The van der Waals surface area contributed by atoms with Gasteiger partial charge in [-0.25, -0.2) is 0 Å². The lowest BCUT2D eigenvalue weighted by molar-refractivity contribution is 0.418. The van der Waals surface area contributed by atoms with Gasteiger partial charge in [-0.05, 0) is 18.6 Å². The van der Waals surface area contributed by atoms with E-state index >= 15 is 0 Å². The van der Waals surface area contributed by atoms with Crippen LogP contribution < -0.4 is 10.5 Å². The van der Waals surface area contributed by atoms with Gasteiger partial charge in [0.15, 0.2) is 0 Å². The lowest BCUT2D eigenvalue weighted by Crippen LogP contribution is -1.94. The Labute approximate surface area is 95.7 Å². The number of benzene rings is 2. The molecule has 0 aliphatic heterocycles. The summed E-state index contributed by atoms with van der Waals surface area (Å²) in [5.41, 5.74) is 9.94. The monoisotopic (exact) mass is 213 g/mol. The summed E-state index contributed by atoms with van der Waals surface area (Å²) < 4.78 is 5.35. The summed E-state index contributed by atoms with van der Waals surface area (Å²) in [4.78, 5) is 0. The molecular formula is C14H15NO. The summed E-state index contributed by atoms with van der Waals surface area (Å²) in [7, 11) is 1.64. The molecule has 0 aliphatic rings. The van der Waals surface area contributed by atoms with E-state index in [1.807, 2.05) is 24.3 Å². The summed E-state index contributed by atoms with van der Waals surface area (Å²) >= 11 is 0. The second-order valence-electron chi connectivity index (χ2n) is 3.80. The third-order valence-corrected chi connectivity index (χ3v) is 2.58. The first-order chi connectivity index (χ1) is 7.72. The molecule has 2 aromatic rings. The molecule has 0 saturated heterocycles. The number of para-hydroxylation sites is 1. The highest BCUT2D eigenvalue weighted by molar-refractivity contribution is 5.77. The van der Waals surface area contributed by atoms with Crippen molar-refractivity contribution >= 4 is 5.69 Å². The van der Waals surface area contributed by atoms with Crippen molar-refractivity contribution in [2.24, 2.45) is 0 Å². The Bertz CT molecular complexity index is 506. The molecule has 0 unspecified atom stereocenters. The molecule has 2 N–H and O–H groups in total. The van der Waals surface area contributed by atoms with E-state index in [-0.39, 0.29) is 0 Å². The van der Waals surface area contributed by atoms with Gasteiger partial charge in [0.05, 0.1) is 12.8 Å². The topological polar surface area (TPSA) is 35.2 Å². The molecule has 0 atom stereocenters. The molecule has 0 bridgehead atoms. The van der Waals surface area contributed by atoms with E-state index in [1.165, 1.54) is 5.56 Å². The molecule has 0 amide bonds. The van der Waals surface area contributed by atoms with Crippen LogP contribution in [0.15, 0.2) is 42.5 Å². The van der Waals surface area contributed by atoms with Gasteiger partial charge in [-0.1, -0.05) is 42.0 Å². The molecule has 16 heavy (non-hydrogen) atoms. The summed E-state index contributed by atoms with van der Waals surface area (Å²) in [5, 5.41) is 0. The van der Waals surface area contributed by atoms with Gasteiger partial charge in [0.1, 0.15) is 5.75 Å². The van der Waals surface area contributed by atoms with E-state index in [9.17, 15) is 0 Å². The third-order valence-electron chi connectivity index (χ3n) is 2.58. The number of anilines is 1. The standard InChI is InChI=1S/C14H15NO/c1-10-5-3-6-11(9-10)12-7-4-8-13(15)14(12)16-2/h3-9H,15H2,1-2H3. The van der Waals surface area contributed by atoms with E-state index in [4.69, 9.17) is 10.5 Å². The predicted octanol–water partition coefficient (Wildman–Crippen LogP) is 3.25. The Kier molecular flexibility index (Phi) is 2.82. The molecule has 0 aliphatic carbocycles. The minimum Gasteiger partial charge on any atom is -0.494 e. The Balaban J connectivity index is 2.60. The van der Waals surface area contributed by atoms with Gasteiger partial charge in [0, 0.05) is 5.56 Å². The second kappa shape index (κ2) is 4.27. The fourth-order valence-corrected chi connectivity index (χ4v) is 1.82. The van der Waals surface area contributed by atoms with Gasteiger partial charge < -0.3 is 10.5 Å². The summed E-state index contributed by atoms with van der Waals surface area (Å²) in [5.74, 6) is 0.744. The molecule has 0 radical (unpaired) electrons. The van der Waals surface area contributed by atoms with Gasteiger partial charge in [0.25, 0.3) is 0 Å². The maximum atomic E-state index is 5.88. The largest absolute Gasteiger partial charge is 0.494 e. The minimum absolute atomic E-state index is 0.668. The zero-order chi connectivity index (χ0) is 11.5. The fraction of sp³-hybridized carbons (Fsp3) is 0.143. The lowest BCUT2D eigenvalue weighted by atomic mass is 10.0. The van der Waals surface area contributed by atoms with Crippen LogP contribution in [0.3, 0.4) is 0 Å². The van der Waals surface area contributed by atoms with Crippen LogP contribution >= 0.6 is 0 Å². The van der Waals surface area contributed by atoms with Crippen molar-refractivity contribution in [2.45, 2.75) is 6.92 Å². The molecule has 0 spiro atoms. The molecule has 2 nitrogen and oxygen atoms in total. The summed E-state index contributed by atoms with van der Waals surface area (Å²) in [6.45, 7) is 2.07. The maximum Gasteiger partial charge on any atom is 0.149 e. The highest BCUT2D eigenvalue weighted by Crippen LogP contribution is 2.34. The van der Waals surface area contributed by atoms with Crippen LogP contribution in [0.1, 0.15) is 5.56 Å². The van der Waals surface area contributed by atoms with E-state index in [0.717, 1.165) is 16.9 Å². The van der Waals surface area contributed by atoms with Crippen molar-refractivity contribution in [1.29, 1.82) is 0 Å². The fourth-order valence-electron chi connectivity index (χ4n) is 1.82. The summed E-state index contributed by atoms with van der Waals surface area (Å²) in [6, 6.07) is 14.1. The first kappa shape index (κ1) is 10.6. The highest BCUT2D eigenvalue weighted by atomic mass is 16.5. The van der Waals surface area contributed by atoms with Crippen molar-refractivity contribution in [3.63, 3.8) is 0 Å². The highest BCUT2D eigenvalue weighted by Gasteiger charge is 2.08. The molecule has 2 heteroatoms. The van der Waals surface area contributed by atoms with Crippen molar-refractivity contribution in [2.75, 3.05) is 12.8 Å². The number of hydrogen-bond acceptors (Lipinski definition) is 2. The van der Waals surface area contributed by atoms with Crippen molar-refractivity contribution in [3.8, 4) is 16.9 Å². The first-order valence-corrected chi connectivity index (χ1v) is 5.22. The number of hydrogen-bond donors (Lipinski definition) is 1. The van der Waals surface area contributed by atoms with Crippen LogP contribution in [-0.4, -0.2) is 7.11 Å². The Morgan fingerprint density at radius 3 is 2.50 bits per heavy atom. The Morgan fingerprint density at radius 1 is 1.06 bits per heavy atom. The number of nitrogens with two attached hydrogens (primary N) is 1. The molecular weight excluding hydrogens is 198 g/mol. The van der Waals surface area contributed by atoms with Crippen molar-refractivity contribution in [1.82, 2.24) is 0 Å². The number of nitrogen functional groups attached to an aromatic ring is 1. The molecule has 2 rings (SSSR count). The van der Waals surface area contributed by atoms with E-state index < -0.39 is 0 Å². The Morgan fingerprint density at radius 2 is 1.81 bits per heavy atom. The normalized spacial score (nSPS) is 10.1. The molecule has 0 aromatic heterocycles. The molecule has 82 valence electrons. The number of ether oxygens (including phenoxy) is 1. The van der Waals surface area contributed by atoms with Gasteiger partial charge in [-0.3, -0.25) is 0 Å². The van der Waals surface area contributed by atoms with Crippen LogP contribution in [0, 0.1) is 6.92 Å². The van der Waals surface area contributed by atoms with Gasteiger partial charge in [0.2, 0.25) is 0 Å². The molecule has 0 saturated carbocycles. The Hall–Kier alpha value is -1.96. The summed E-state index contributed by atoms with van der Waals surface area (Å²) in [6.07, 6.45) is 0. The SMILES string of the molecule is COc1c(N)cccc1-c1cccc(C)c1. The van der Waals surface area contributed by atoms with Gasteiger partial charge in [-0.15, -0.1) is 0 Å². The smallest absolute Gasteiger partial charge is 0.149 e. The van der Waals surface area contributed by atoms with Crippen molar-refractivity contribution in [3.05, 3.63) is 48.0 Å². The van der Waals surface area contributed by atoms with Gasteiger partial charge in [-0.2, -0.15) is 0 Å². The predicted molar refractivity (Wildman–Crippen MR) is 67.6 cm³/mol. The zero-order valence-corrected chi connectivity index (χ0v) is 9.53. The number of rotatable bonds is 2. The van der Waals surface area contributed by atoms with Crippen LogP contribution in [-0.2, 0) is 0 Å². The van der Waals surface area contributed by atoms with E-state index in [0.29, 0.717) is 5.69 Å². The average molecular weight is 213 g/mol. The lowest BCUT2D eigenvalue weighted by Gasteiger charge is -2.11. The molecule has 0 fully saturated rings. The number of aryl methyl sites for hydroxylation is 1. The van der Waals surface area contributed by atoms with Crippen LogP contribution in [0.25, 0.3) is 11.1 Å². The van der Waals surface area contributed by atoms with Crippen LogP contribution in [0.5, 0.6) is 5.75 Å². The first-order valence-electron chi connectivity index (χ1n) is 5.22.